The van der Waals surface area contributed by atoms with Gasteiger partial charge >= 0.3 is 0 Å². The van der Waals surface area contributed by atoms with Crippen molar-refractivity contribution in [3.63, 3.8) is 0 Å². The quantitative estimate of drug-likeness (QED) is 0.514. The second kappa shape index (κ2) is 6.44. The lowest BCUT2D eigenvalue weighted by Gasteiger charge is -2.47. The second-order valence-corrected chi connectivity index (χ2v) is 8.47. The van der Waals surface area contributed by atoms with E-state index in [9.17, 15) is 5.26 Å². The molecule has 0 radical (unpaired) electrons. The SMILES string of the molecule is CC(C)=CCC[C@H]1O[C@@H]1[C@H]1CC[C@](C)(C#N)[C@H]2CCC(C)=C[C@H]12. The smallest absolute Gasteiger partial charge is 0.0875 e. The average Bonchev–Trinajstić information content (AvgIpc) is 3.26. The van der Waals surface area contributed by atoms with Crippen LogP contribution in [0.25, 0.3) is 0 Å². The Bertz CT molecular complexity index is 551. The molecule has 2 fully saturated rings. The van der Waals surface area contributed by atoms with E-state index in [0.29, 0.717) is 30.0 Å². The van der Waals surface area contributed by atoms with Gasteiger partial charge in [-0.1, -0.05) is 23.3 Å². The molecule has 126 valence electrons. The maximum absolute atomic E-state index is 9.71. The fourth-order valence-electron chi connectivity index (χ4n) is 4.94. The molecule has 2 nitrogen and oxygen atoms in total. The fraction of sp³-hybridized carbons (Fsp3) is 0.762. The highest BCUT2D eigenvalue weighted by atomic mass is 16.6. The Kier molecular flexibility index (Phi) is 4.70. The molecule has 23 heavy (non-hydrogen) atoms. The molecule has 0 unspecified atom stereocenters. The molecule has 2 aliphatic carbocycles. The van der Waals surface area contributed by atoms with Gasteiger partial charge in [0.05, 0.1) is 23.7 Å². The van der Waals surface area contributed by atoms with E-state index in [1.807, 2.05) is 0 Å². The van der Waals surface area contributed by atoms with Crippen molar-refractivity contribution in [3.8, 4) is 6.07 Å². The number of ether oxygens (including phenoxy) is 1. The van der Waals surface area contributed by atoms with E-state index in [1.54, 1.807) is 0 Å². The number of hydrogen-bond acceptors (Lipinski definition) is 2. The largest absolute Gasteiger partial charge is 0.369 e. The molecule has 0 N–H and O–H groups in total. The van der Waals surface area contributed by atoms with Gasteiger partial charge in [-0.15, -0.1) is 0 Å². The Hall–Kier alpha value is -1.07. The van der Waals surface area contributed by atoms with Crippen molar-refractivity contribution in [2.45, 2.75) is 78.4 Å². The Morgan fingerprint density at radius 3 is 2.91 bits per heavy atom. The Morgan fingerprint density at radius 2 is 2.22 bits per heavy atom. The zero-order chi connectivity index (χ0) is 16.6. The van der Waals surface area contributed by atoms with Gasteiger partial charge in [0.15, 0.2) is 0 Å². The summed E-state index contributed by atoms with van der Waals surface area (Å²) in [5.41, 5.74) is 2.78. The summed E-state index contributed by atoms with van der Waals surface area (Å²) >= 11 is 0. The van der Waals surface area contributed by atoms with E-state index < -0.39 is 0 Å². The third-order valence-electron chi connectivity index (χ3n) is 6.40. The van der Waals surface area contributed by atoms with Gasteiger partial charge in [0.25, 0.3) is 0 Å². The second-order valence-electron chi connectivity index (χ2n) is 8.47. The Morgan fingerprint density at radius 1 is 1.43 bits per heavy atom. The molecule has 0 aromatic rings. The summed E-state index contributed by atoms with van der Waals surface area (Å²) in [6.45, 7) is 8.77. The zero-order valence-corrected chi connectivity index (χ0v) is 15.1. The lowest BCUT2D eigenvalue weighted by atomic mass is 9.55. The summed E-state index contributed by atoms with van der Waals surface area (Å²) in [6, 6.07) is 2.65. The van der Waals surface area contributed by atoms with Crippen LogP contribution in [0.3, 0.4) is 0 Å². The average molecular weight is 313 g/mol. The maximum Gasteiger partial charge on any atom is 0.0875 e. The van der Waals surface area contributed by atoms with Crippen LogP contribution in [0.1, 0.15) is 66.2 Å². The molecule has 1 saturated heterocycles. The first-order valence-corrected chi connectivity index (χ1v) is 9.32. The maximum atomic E-state index is 9.71. The van der Waals surface area contributed by atoms with E-state index >= 15 is 0 Å². The van der Waals surface area contributed by atoms with Crippen molar-refractivity contribution in [2.24, 2.45) is 23.2 Å². The van der Waals surface area contributed by atoms with Crippen LogP contribution < -0.4 is 0 Å². The first-order valence-electron chi connectivity index (χ1n) is 9.32. The highest BCUT2D eigenvalue weighted by molar-refractivity contribution is 5.18. The zero-order valence-electron chi connectivity index (χ0n) is 15.1. The van der Waals surface area contributed by atoms with Crippen molar-refractivity contribution in [2.75, 3.05) is 0 Å². The molecule has 0 aromatic heterocycles. The highest BCUT2D eigenvalue weighted by Gasteiger charge is 2.54. The Balaban J connectivity index is 1.68. The van der Waals surface area contributed by atoms with Crippen molar-refractivity contribution in [1.29, 1.82) is 5.26 Å². The molecule has 0 bridgehead atoms. The van der Waals surface area contributed by atoms with Crippen molar-refractivity contribution in [1.82, 2.24) is 0 Å². The van der Waals surface area contributed by atoms with Gasteiger partial charge in [-0.2, -0.15) is 5.26 Å². The van der Waals surface area contributed by atoms with Crippen LogP contribution in [0.15, 0.2) is 23.3 Å². The molecule has 1 aliphatic heterocycles. The number of nitrogens with zero attached hydrogens (tertiary/aromatic N) is 1. The molecule has 0 amide bonds. The van der Waals surface area contributed by atoms with E-state index in [1.165, 1.54) is 24.0 Å². The lowest BCUT2D eigenvalue weighted by Crippen LogP contribution is -2.43. The van der Waals surface area contributed by atoms with Crippen LogP contribution in [-0.2, 0) is 4.74 Å². The van der Waals surface area contributed by atoms with E-state index in [4.69, 9.17) is 4.74 Å². The molecule has 3 rings (SSSR count). The monoisotopic (exact) mass is 313 g/mol. The van der Waals surface area contributed by atoms with Crippen LogP contribution >= 0.6 is 0 Å². The van der Waals surface area contributed by atoms with E-state index in [-0.39, 0.29) is 5.41 Å². The minimum absolute atomic E-state index is 0.134. The molecule has 2 heteroatoms. The molecule has 0 aromatic carbocycles. The van der Waals surface area contributed by atoms with Crippen LogP contribution in [0.5, 0.6) is 0 Å². The van der Waals surface area contributed by atoms with Crippen molar-refractivity contribution < 1.29 is 4.74 Å². The predicted molar refractivity (Wildman–Crippen MR) is 93.7 cm³/mol. The molecule has 1 saturated carbocycles. The summed E-state index contributed by atoms with van der Waals surface area (Å²) in [6.07, 6.45) is 12.5. The first-order chi connectivity index (χ1) is 10.9. The molecular formula is C21H31NO. The minimum Gasteiger partial charge on any atom is -0.369 e. The first kappa shape index (κ1) is 16.8. The molecule has 3 aliphatic rings. The molecule has 6 atom stereocenters. The van der Waals surface area contributed by atoms with Crippen LogP contribution in [0, 0.1) is 34.5 Å². The van der Waals surface area contributed by atoms with Gasteiger partial charge in [0.2, 0.25) is 0 Å². The van der Waals surface area contributed by atoms with Crippen LogP contribution in [-0.4, -0.2) is 12.2 Å². The molecule has 1 heterocycles. The number of hydrogen-bond donors (Lipinski definition) is 0. The minimum atomic E-state index is -0.134. The summed E-state index contributed by atoms with van der Waals surface area (Å²) < 4.78 is 6.08. The van der Waals surface area contributed by atoms with E-state index in [0.717, 1.165) is 25.7 Å². The van der Waals surface area contributed by atoms with Gasteiger partial charge in [-0.25, -0.2) is 0 Å². The van der Waals surface area contributed by atoms with Gasteiger partial charge in [0.1, 0.15) is 0 Å². The Labute approximate surface area is 141 Å². The van der Waals surface area contributed by atoms with Crippen LogP contribution in [0.4, 0.5) is 0 Å². The number of rotatable bonds is 4. The van der Waals surface area contributed by atoms with Gasteiger partial charge < -0.3 is 4.74 Å². The summed E-state index contributed by atoms with van der Waals surface area (Å²) in [4.78, 5) is 0. The van der Waals surface area contributed by atoms with Gasteiger partial charge in [-0.3, -0.25) is 0 Å². The standard InChI is InChI=1S/C21H31NO/c1-14(2)6-5-7-19-20(23-19)16-10-11-21(4,13-22)18-9-8-15(3)12-17(16)18/h6,12,16-20H,5,7-11H2,1-4H3/t16-,17+,18-,19+,20+,21+/m0/s1. The number of nitriles is 1. The number of epoxide rings is 1. The predicted octanol–water partition coefficient (Wildman–Crippen LogP) is 5.41. The third kappa shape index (κ3) is 3.41. The number of fused-ring (bicyclic) bond motifs is 1. The van der Waals surface area contributed by atoms with Gasteiger partial charge in [-0.05, 0) is 84.0 Å². The highest BCUT2D eigenvalue weighted by Crippen LogP contribution is 2.55. The normalized spacial score (nSPS) is 42.2. The summed E-state index contributed by atoms with van der Waals surface area (Å²) in [7, 11) is 0. The van der Waals surface area contributed by atoms with Crippen molar-refractivity contribution in [3.05, 3.63) is 23.3 Å². The van der Waals surface area contributed by atoms with Gasteiger partial charge in [0, 0.05) is 0 Å². The fourth-order valence-corrected chi connectivity index (χ4v) is 4.94. The van der Waals surface area contributed by atoms with Crippen LogP contribution in [0.2, 0.25) is 0 Å². The number of allylic oxidation sites excluding steroid dienone is 4. The lowest BCUT2D eigenvalue weighted by molar-refractivity contribution is 0.0547. The van der Waals surface area contributed by atoms with E-state index in [2.05, 4.69) is 45.9 Å². The molecule has 0 spiro atoms. The third-order valence-corrected chi connectivity index (χ3v) is 6.40. The summed E-state index contributed by atoms with van der Waals surface area (Å²) in [5.74, 6) is 1.71. The van der Waals surface area contributed by atoms with Crippen molar-refractivity contribution >= 4 is 0 Å². The molecular weight excluding hydrogens is 282 g/mol. The topological polar surface area (TPSA) is 36.3 Å². The summed E-state index contributed by atoms with van der Waals surface area (Å²) in [5, 5.41) is 9.71.